The van der Waals surface area contributed by atoms with Gasteiger partial charge < -0.3 is 14.2 Å². The Morgan fingerprint density at radius 2 is 2.15 bits per heavy atom. The van der Waals surface area contributed by atoms with Crippen LogP contribution in [0.15, 0.2) is 35.0 Å². The van der Waals surface area contributed by atoms with Crippen LogP contribution < -0.4 is 0 Å². The van der Waals surface area contributed by atoms with Crippen LogP contribution >= 0.6 is 11.6 Å². The van der Waals surface area contributed by atoms with Crippen LogP contribution in [-0.4, -0.2) is 19.8 Å². The van der Waals surface area contributed by atoms with Crippen molar-refractivity contribution in [3.63, 3.8) is 0 Å². The predicted molar refractivity (Wildman–Crippen MR) is 70.8 cm³/mol. The molecular formula is C13H9ClFN3O2. The molecule has 102 valence electrons. The second-order valence-electron chi connectivity index (χ2n) is 4.24. The molecule has 0 unspecified atom stereocenters. The van der Waals surface area contributed by atoms with Gasteiger partial charge in [-0.05, 0) is 24.3 Å². The van der Waals surface area contributed by atoms with Gasteiger partial charge in [0.1, 0.15) is 5.69 Å². The van der Waals surface area contributed by atoms with E-state index in [4.69, 9.17) is 21.2 Å². The summed E-state index contributed by atoms with van der Waals surface area (Å²) < 4.78 is 20.2. The first-order valence-electron chi connectivity index (χ1n) is 5.69. The Morgan fingerprint density at radius 1 is 1.35 bits per heavy atom. The van der Waals surface area contributed by atoms with Crippen LogP contribution in [0.5, 0.6) is 5.75 Å². The van der Waals surface area contributed by atoms with Gasteiger partial charge in [0.05, 0.1) is 5.02 Å². The van der Waals surface area contributed by atoms with Crippen molar-refractivity contribution in [3.05, 3.63) is 41.3 Å². The van der Waals surface area contributed by atoms with Gasteiger partial charge in [0.15, 0.2) is 11.6 Å². The van der Waals surface area contributed by atoms with E-state index in [1.165, 1.54) is 12.1 Å². The number of halogens is 2. The lowest BCUT2D eigenvalue weighted by molar-refractivity contribution is 0.428. The van der Waals surface area contributed by atoms with E-state index in [1.54, 1.807) is 23.9 Å². The fourth-order valence-corrected chi connectivity index (χ4v) is 2.08. The SMILES string of the molecule is Cn1cc(Cl)cc1-c1nc(-c2ccc(O)c(F)c2)no1. The molecular weight excluding hydrogens is 285 g/mol. The van der Waals surface area contributed by atoms with E-state index < -0.39 is 11.6 Å². The number of aromatic hydroxyl groups is 1. The average molecular weight is 294 g/mol. The number of hydrogen-bond acceptors (Lipinski definition) is 4. The zero-order valence-electron chi connectivity index (χ0n) is 10.3. The first kappa shape index (κ1) is 12.7. The summed E-state index contributed by atoms with van der Waals surface area (Å²) in [6, 6.07) is 5.57. The Bertz CT molecular complexity index is 782. The molecule has 20 heavy (non-hydrogen) atoms. The van der Waals surface area contributed by atoms with E-state index >= 15 is 0 Å². The molecule has 0 saturated heterocycles. The Hall–Kier alpha value is -2.34. The number of benzene rings is 1. The molecule has 2 aromatic heterocycles. The largest absolute Gasteiger partial charge is 0.505 e. The van der Waals surface area contributed by atoms with Crippen LogP contribution in [0.2, 0.25) is 5.02 Å². The smallest absolute Gasteiger partial charge is 0.274 e. The highest BCUT2D eigenvalue weighted by molar-refractivity contribution is 6.30. The molecule has 0 spiro atoms. The maximum atomic E-state index is 13.3. The molecule has 1 N–H and O–H groups in total. The van der Waals surface area contributed by atoms with E-state index in [-0.39, 0.29) is 11.7 Å². The highest BCUT2D eigenvalue weighted by Gasteiger charge is 2.15. The van der Waals surface area contributed by atoms with Crippen molar-refractivity contribution in [1.29, 1.82) is 0 Å². The number of nitrogens with zero attached hydrogens (tertiary/aromatic N) is 3. The molecule has 0 aliphatic carbocycles. The number of phenols is 1. The minimum atomic E-state index is -0.740. The minimum Gasteiger partial charge on any atom is -0.505 e. The molecule has 0 bridgehead atoms. The van der Waals surface area contributed by atoms with Crippen molar-refractivity contribution < 1.29 is 14.0 Å². The average Bonchev–Trinajstić information content (AvgIpc) is 2.99. The Balaban J connectivity index is 2.01. The molecule has 0 fully saturated rings. The van der Waals surface area contributed by atoms with Gasteiger partial charge in [-0.3, -0.25) is 0 Å². The van der Waals surface area contributed by atoms with Gasteiger partial charge in [0.2, 0.25) is 5.82 Å². The lowest BCUT2D eigenvalue weighted by Crippen LogP contribution is -1.89. The summed E-state index contributed by atoms with van der Waals surface area (Å²) in [5.74, 6) is -0.651. The maximum absolute atomic E-state index is 13.3. The summed E-state index contributed by atoms with van der Waals surface area (Å²) in [5.41, 5.74) is 1.07. The lowest BCUT2D eigenvalue weighted by atomic mass is 10.2. The molecule has 5 nitrogen and oxygen atoms in total. The third-order valence-electron chi connectivity index (χ3n) is 2.82. The Labute approximate surface area is 118 Å². The van der Waals surface area contributed by atoms with Gasteiger partial charge >= 0.3 is 0 Å². The van der Waals surface area contributed by atoms with Crippen molar-refractivity contribution in [2.45, 2.75) is 0 Å². The first-order chi connectivity index (χ1) is 9.54. The third-order valence-corrected chi connectivity index (χ3v) is 3.03. The fraction of sp³-hybridized carbons (Fsp3) is 0.0769. The van der Waals surface area contributed by atoms with Gasteiger partial charge in [-0.25, -0.2) is 4.39 Å². The Morgan fingerprint density at radius 3 is 2.80 bits per heavy atom. The van der Waals surface area contributed by atoms with Crippen LogP contribution in [-0.2, 0) is 7.05 Å². The first-order valence-corrected chi connectivity index (χ1v) is 6.07. The standard InChI is InChI=1S/C13H9ClFN3O2/c1-18-6-8(14)5-10(18)13-16-12(17-20-13)7-2-3-11(19)9(15)4-7/h2-6,19H,1H3. The Kier molecular flexibility index (Phi) is 2.94. The molecule has 0 atom stereocenters. The molecule has 2 heterocycles. The molecule has 0 radical (unpaired) electrons. The van der Waals surface area contributed by atoms with Crippen LogP contribution in [0.25, 0.3) is 23.0 Å². The number of phenolic OH excluding ortho intramolecular Hbond substituents is 1. The van der Waals surface area contributed by atoms with Crippen LogP contribution in [0.4, 0.5) is 4.39 Å². The summed E-state index contributed by atoms with van der Waals surface area (Å²) in [6.45, 7) is 0. The third kappa shape index (κ3) is 2.14. The van der Waals surface area contributed by atoms with Crippen molar-refractivity contribution in [2.75, 3.05) is 0 Å². The zero-order valence-corrected chi connectivity index (χ0v) is 11.1. The van der Waals surface area contributed by atoms with Crippen molar-refractivity contribution in [2.24, 2.45) is 7.05 Å². The number of rotatable bonds is 2. The van der Waals surface area contributed by atoms with Crippen molar-refractivity contribution >= 4 is 11.6 Å². The normalized spacial score (nSPS) is 10.9. The van der Waals surface area contributed by atoms with Crippen molar-refractivity contribution in [1.82, 2.24) is 14.7 Å². The van der Waals surface area contributed by atoms with Gasteiger partial charge in [-0.2, -0.15) is 4.98 Å². The number of aromatic nitrogens is 3. The fourth-order valence-electron chi connectivity index (χ4n) is 1.83. The molecule has 3 aromatic rings. The van der Waals surface area contributed by atoms with Crippen LogP contribution in [0.3, 0.4) is 0 Å². The molecule has 0 saturated carbocycles. The summed E-state index contributed by atoms with van der Waals surface area (Å²) >= 11 is 5.89. The summed E-state index contributed by atoms with van der Waals surface area (Å²) in [6.07, 6.45) is 1.71. The second-order valence-corrected chi connectivity index (χ2v) is 4.68. The van der Waals surface area contributed by atoms with E-state index in [9.17, 15) is 4.39 Å². The molecule has 0 aliphatic rings. The molecule has 0 aliphatic heterocycles. The van der Waals surface area contributed by atoms with Crippen LogP contribution in [0.1, 0.15) is 0 Å². The van der Waals surface area contributed by atoms with Gasteiger partial charge in [0.25, 0.3) is 5.89 Å². The lowest BCUT2D eigenvalue weighted by Gasteiger charge is -1.97. The quantitative estimate of drug-likeness (QED) is 0.788. The highest BCUT2D eigenvalue weighted by atomic mass is 35.5. The summed E-state index contributed by atoms with van der Waals surface area (Å²) in [7, 11) is 1.80. The van der Waals surface area contributed by atoms with Gasteiger partial charge in [-0.1, -0.05) is 16.8 Å². The molecule has 7 heteroatoms. The monoisotopic (exact) mass is 293 g/mol. The topological polar surface area (TPSA) is 64.1 Å². The zero-order chi connectivity index (χ0) is 14.3. The maximum Gasteiger partial charge on any atom is 0.274 e. The summed E-state index contributed by atoms with van der Waals surface area (Å²) in [5, 5.41) is 13.5. The number of aryl methyl sites for hydroxylation is 1. The van der Waals surface area contributed by atoms with E-state index in [2.05, 4.69) is 10.1 Å². The second kappa shape index (κ2) is 4.64. The highest BCUT2D eigenvalue weighted by Crippen LogP contribution is 2.27. The molecule has 0 amide bonds. The minimum absolute atomic E-state index is 0.233. The predicted octanol–water partition coefficient (Wildman–Crippen LogP) is 3.24. The molecule has 1 aromatic carbocycles. The van der Waals surface area contributed by atoms with E-state index in [0.717, 1.165) is 6.07 Å². The van der Waals surface area contributed by atoms with E-state index in [0.29, 0.717) is 16.3 Å². The molecule has 3 rings (SSSR count). The van der Waals surface area contributed by atoms with Crippen molar-refractivity contribution in [3.8, 4) is 28.7 Å². The summed E-state index contributed by atoms with van der Waals surface area (Å²) in [4.78, 5) is 4.19. The van der Waals surface area contributed by atoms with Gasteiger partial charge in [-0.15, -0.1) is 0 Å². The van der Waals surface area contributed by atoms with Gasteiger partial charge in [0, 0.05) is 18.8 Å². The number of hydrogen-bond donors (Lipinski definition) is 1. The van der Waals surface area contributed by atoms with Crippen LogP contribution in [0, 0.1) is 5.82 Å². The van der Waals surface area contributed by atoms with E-state index in [1.807, 2.05) is 0 Å².